The number of methoxy groups -OCH3 is 1. The lowest BCUT2D eigenvalue weighted by molar-refractivity contribution is -0.132. The van der Waals surface area contributed by atoms with Crippen LogP contribution in [0.3, 0.4) is 0 Å². The Kier molecular flexibility index (Phi) is 12.3. The molecule has 2 aromatic rings. The van der Waals surface area contributed by atoms with Crippen molar-refractivity contribution in [2.75, 3.05) is 20.2 Å². The van der Waals surface area contributed by atoms with Gasteiger partial charge in [0.1, 0.15) is 18.1 Å². The molecule has 4 N–H and O–H groups in total. The molecule has 6 atom stereocenters. The van der Waals surface area contributed by atoms with Crippen molar-refractivity contribution >= 4 is 30.9 Å². The molecule has 1 aliphatic heterocycles. The standard InChI is InChI=1S/C36H51BN4O7/c1-23(2)30(41-34(45)46-7)33(44)40-28(20-26-16-12-9-13-17-26)32(43)39-27(19-25-14-10-8-11-15-25)31(42)38-22-37-47-21-36(6,48-37)29-18-24(3)35(29,4)5/h8-17,23-24,27-30H,18-22H2,1-7H3,(H,38,42)(H,39,43)(H,40,44)(H,41,45). The van der Waals surface area contributed by atoms with Crippen molar-refractivity contribution in [2.45, 2.75) is 84.5 Å². The lowest BCUT2D eigenvalue weighted by Gasteiger charge is -2.57. The van der Waals surface area contributed by atoms with Crippen LogP contribution in [0, 0.1) is 23.2 Å². The maximum Gasteiger partial charge on any atom is 0.478 e. The highest BCUT2D eigenvalue weighted by Crippen LogP contribution is 2.57. The molecule has 1 saturated carbocycles. The first kappa shape index (κ1) is 36.9. The van der Waals surface area contributed by atoms with Crippen LogP contribution in [0.1, 0.15) is 59.1 Å². The Balaban J connectivity index is 1.48. The first-order valence-corrected chi connectivity index (χ1v) is 16.8. The second-order valence-corrected chi connectivity index (χ2v) is 14.3. The smallest absolute Gasteiger partial charge is 0.453 e. The van der Waals surface area contributed by atoms with Gasteiger partial charge in [-0.05, 0) is 47.6 Å². The van der Waals surface area contributed by atoms with Gasteiger partial charge in [-0.15, -0.1) is 0 Å². The molecule has 48 heavy (non-hydrogen) atoms. The van der Waals surface area contributed by atoms with E-state index < -0.39 is 54.7 Å². The van der Waals surface area contributed by atoms with Crippen molar-refractivity contribution in [3.05, 3.63) is 71.8 Å². The molecule has 0 aromatic heterocycles. The van der Waals surface area contributed by atoms with Crippen LogP contribution in [0.5, 0.6) is 0 Å². The fraction of sp³-hybridized carbons (Fsp3) is 0.556. The fourth-order valence-corrected chi connectivity index (χ4v) is 6.77. The molecule has 2 fully saturated rings. The summed E-state index contributed by atoms with van der Waals surface area (Å²) < 4.78 is 17.1. The van der Waals surface area contributed by atoms with Crippen molar-refractivity contribution in [1.29, 1.82) is 0 Å². The summed E-state index contributed by atoms with van der Waals surface area (Å²) in [5, 5.41) is 11.2. The zero-order valence-electron chi connectivity index (χ0n) is 29.2. The van der Waals surface area contributed by atoms with Crippen LogP contribution in [0.25, 0.3) is 0 Å². The Morgan fingerprint density at radius 2 is 1.40 bits per heavy atom. The molecule has 11 nitrogen and oxygen atoms in total. The van der Waals surface area contributed by atoms with E-state index in [4.69, 9.17) is 14.0 Å². The molecule has 12 heteroatoms. The molecule has 2 aromatic carbocycles. The third-order valence-corrected chi connectivity index (χ3v) is 10.1. The van der Waals surface area contributed by atoms with Crippen LogP contribution in [0.4, 0.5) is 4.79 Å². The maximum absolute atomic E-state index is 13.9. The van der Waals surface area contributed by atoms with Gasteiger partial charge < -0.3 is 35.3 Å². The summed E-state index contributed by atoms with van der Waals surface area (Å²) in [5.74, 6) is -0.825. The average molecular weight is 663 g/mol. The normalized spacial score (nSPS) is 23.3. The minimum atomic E-state index is -1.04. The zero-order chi connectivity index (χ0) is 35.1. The zero-order valence-corrected chi connectivity index (χ0v) is 29.2. The first-order chi connectivity index (χ1) is 22.7. The number of amides is 4. The summed E-state index contributed by atoms with van der Waals surface area (Å²) >= 11 is 0. The minimum Gasteiger partial charge on any atom is -0.453 e. The molecule has 0 spiro atoms. The third-order valence-electron chi connectivity index (χ3n) is 10.1. The highest BCUT2D eigenvalue weighted by atomic mass is 16.7. The van der Waals surface area contributed by atoms with Gasteiger partial charge in [-0.25, -0.2) is 4.79 Å². The van der Waals surface area contributed by atoms with Crippen molar-refractivity contribution < 1.29 is 33.2 Å². The van der Waals surface area contributed by atoms with Crippen LogP contribution < -0.4 is 21.3 Å². The van der Waals surface area contributed by atoms with E-state index in [0.29, 0.717) is 18.4 Å². The highest BCUT2D eigenvalue weighted by Gasteiger charge is 2.57. The van der Waals surface area contributed by atoms with Gasteiger partial charge in [0.05, 0.1) is 25.8 Å². The van der Waals surface area contributed by atoms with Gasteiger partial charge in [0.2, 0.25) is 17.7 Å². The lowest BCUT2D eigenvalue weighted by atomic mass is 9.51. The van der Waals surface area contributed by atoms with Gasteiger partial charge in [0.25, 0.3) is 0 Å². The fourth-order valence-electron chi connectivity index (χ4n) is 6.77. The number of ether oxygens (including phenoxy) is 1. The number of benzene rings is 2. The second-order valence-electron chi connectivity index (χ2n) is 14.3. The number of alkyl carbamates (subject to hydrolysis) is 1. The van der Waals surface area contributed by atoms with Crippen LogP contribution >= 0.6 is 0 Å². The number of nitrogens with one attached hydrogen (secondary N) is 4. The van der Waals surface area contributed by atoms with Crippen molar-refractivity contribution in [2.24, 2.45) is 23.2 Å². The molecule has 1 saturated heterocycles. The van der Waals surface area contributed by atoms with Crippen LogP contribution in [0.15, 0.2) is 60.7 Å². The van der Waals surface area contributed by atoms with Crippen LogP contribution in [-0.2, 0) is 41.3 Å². The molecular formula is C36H51BN4O7. The van der Waals surface area contributed by atoms with E-state index in [1.165, 1.54) is 7.11 Å². The SMILES string of the molecule is COC(=O)NC(C(=O)NC(Cc1ccccc1)C(=O)NC(Cc1ccccc1)C(=O)NCB1OCC(C)(C2CC(C)C2(C)C)O1)C(C)C. The van der Waals surface area contributed by atoms with Gasteiger partial charge in [-0.2, -0.15) is 0 Å². The Morgan fingerprint density at radius 3 is 1.90 bits per heavy atom. The van der Waals surface area contributed by atoms with Gasteiger partial charge in [-0.3, -0.25) is 14.4 Å². The lowest BCUT2D eigenvalue weighted by Crippen LogP contribution is -2.59. The number of carbonyl (C=O) groups excluding carboxylic acids is 4. The summed E-state index contributed by atoms with van der Waals surface area (Å²) in [7, 11) is 0.604. The summed E-state index contributed by atoms with van der Waals surface area (Å²) in [6.07, 6.45) is 0.821. The predicted octanol–water partition coefficient (Wildman–Crippen LogP) is 3.45. The van der Waals surface area contributed by atoms with Crippen molar-refractivity contribution in [3.63, 3.8) is 0 Å². The predicted molar refractivity (Wildman–Crippen MR) is 184 cm³/mol. The van der Waals surface area contributed by atoms with Crippen molar-refractivity contribution in [1.82, 2.24) is 21.3 Å². The molecule has 0 radical (unpaired) electrons. The number of hydrogen-bond acceptors (Lipinski definition) is 7. The van der Waals surface area contributed by atoms with Gasteiger partial charge in [-0.1, -0.05) is 95.3 Å². The van der Waals surface area contributed by atoms with E-state index in [9.17, 15) is 19.2 Å². The van der Waals surface area contributed by atoms with E-state index in [2.05, 4.69) is 49.0 Å². The molecule has 4 rings (SSSR count). The number of hydrogen-bond donors (Lipinski definition) is 4. The largest absolute Gasteiger partial charge is 0.478 e. The monoisotopic (exact) mass is 662 g/mol. The average Bonchev–Trinajstić information content (AvgIpc) is 3.45. The molecular weight excluding hydrogens is 611 g/mol. The Bertz CT molecular complexity index is 1410. The topological polar surface area (TPSA) is 144 Å². The minimum absolute atomic E-state index is 0.123. The maximum atomic E-state index is 13.9. The van der Waals surface area contributed by atoms with E-state index in [1.807, 2.05) is 60.7 Å². The highest BCUT2D eigenvalue weighted by molar-refractivity contribution is 6.45. The van der Waals surface area contributed by atoms with Gasteiger partial charge in [0, 0.05) is 12.8 Å². The van der Waals surface area contributed by atoms with Crippen LogP contribution in [-0.4, -0.2) is 74.8 Å². The van der Waals surface area contributed by atoms with E-state index in [0.717, 1.165) is 17.5 Å². The quantitative estimate of drug-likeness (QED) is 0.227. The summed E-state index contributed by atoms with van der Waals surface area (Å²) in [6.45, 7) is 12.9. The Morgan fingerprint density at radius 1 is 0.854 bits per heavy atom. The first-order valence-electron chi connectivity index (χ1n) is 16.8. The molecule has 1 heterocycles. The Labute approximate surface area is 284 Å². The molecule has 2 aliphatic rings. The molecule has 0 bridgehead atoms. The van der Waals surface area contributed by atoms with Gasteiger partial charge in [0.15, 0.2) is 0 Å². The number of carbonyl (C=O) groups is 4. The molecule has 1 aliphatic carbocycles. The van der Waals surface area contributed by atoms with E-state index in [-0.39, 0.29) is 30.6 Å². The van der Waals surface area contributed by atoms with Crippen LogP contribution in [0.2, 0.25) is 0 Å². The molecule has 6 unspecified atom stereocenters. The number of rotatable bonds is 14. The third kappa shape index (κ3) is 9.16. The van der Waals surface area contributed by atoms with E-state index in [1.54, 1.807) is 13.8 Å². The van der Waals surface area contributed by atoms with Crippen molar-refractivity contribution in [3.8, 4) is 0 Å². The molecule has 4 amide bonds. The molecule has 260 valence electrons. The summed E-state index contributed by atoms with van der Waals surface area (Å²) in [6, 6.07) is 15.7. The van der Waals surface area contributed by atoms with Gasteiger partial charge >= 0.3 is 13.2 Å². The Hall–Kier alpha value is -3.90. The second kappa shape index (κ2) is 16.0. The summed E-state index contributed by atoms with van der Waals surface area (Å²) in [4.78, 5) is 53.0. The summed E-state index contributed by atoms with van der Waals surface area (Å²) in [5.41, 5.74) is 1.36. The van der Waals surface area contributed by atoms with E-state index >= 15 is 0 Å².